The molecule has 0 bridgehead atoms. The number of rotatable bonds is 3. The monoisotopic (exact) mass is 258 g/mol. The standard InChI is InChI=1S/C10H11ClN2O2S/c1-13(16(2,14)15)10(7-12)8-4-3-5-9(11)6-8/h3-6,10H,1-2H3. The molecule has 0 heterocycles. The first-order chi connectivity index (χ1) is 7.36. The average Bonchev–Trinajstić information content (AvgIpc) is 2.17. The number of halogens is 1. The summed E-state index contributed by atoms with van der Waals surface area (Å²) < 4.78 is 23.7. The van der Waals surface area contributed by atoms with E-state index >= 15 is 0 Å². The third kappa shape index (κ3) is 2.95. The number of benzene rings is 1. The van der Waals surface area contributed by atoms with Crippen LogP contribution in [-0.2, 0) is 10.0 Å². The van der Waals surface area contributed by atoms with Crippen LogP contribution in [0.2, 0.25) is 5.02 Å². The molecule has 0 aliphatic rings. The van der Waals surface area contributed by atoms with Crippen molar-refractivity contribution in [1.29, 1.82) is 5.26 Å². The quantitative estimate of drug-likeness (QED) is 0.831. The van der Waals surface area contributed by atoms with Crippen LogP contribution in [0.4, 0.5) is 0 Å². The molecule has 4 nitrogen and oxygen atoms in total. The maximum Gasteiger partial charge on any atom is 0.212 e. The molecule has 0 N–H and O–H groups in total. The van der Waals surface area contributed by atoms with Crippen molar-refractivity contribution in [1.82, 2.24) is 4.31 Å². The van der Waals surface area contributed by atoms with Crippen molar-refractivity contribution >= 4 is 21.6 Å². The SMILES string of the molecule is CN(C(C#N)c1cccc(Cl)c1)S(C)(=O)=O. The molecule has 1 atom stereocenters. The van der Waals surface area contributed by atoms with Crippen LogP contribution in [0.15, 0.2) is 24.3 Å². The highest BCUT2D eigenvalue weighted by atomic mass is 35.5. The van der Waals surface area contributed by atoms with Crippen molar-refractivity contribution in [3.63, 3.8) is 0 Å². The predicted octanol–water partition coefficient (Wildman–Crippen LogP) is 1.80. The second kappa shape index (κ2) is 4.83. The van der Waals surface area contributed by atoms with Gasteiger partial charge >= 0.3 is 0 Å². The number of nitriles is 1. The smallest absolute Gasteiger partial charge is 0.212 e. The third-order valence-electron chi connectivity index (χ3n) is 2.17. The number of nitrogens with zero attached hydrogens (tertiary/aromatic N) is 2. The number of hydrogen-bond acceptors (Lipinski definition) is 3. The van der Waals surface area contributed by atoms with Gasteiger partial charge in [0, 0.05) is 12.1 Å². The molecule has 16 heavy (non-hydrogen) atoms. The van der Waals surface area contributed by atoms with Gasteiger partial charge in [0.1, 0.15) is 6.04 Å². The van der Waals surface area contributed by atoms with E-state index in [1.807, 2.05) is 6.07 Å². The van der Waals surface area contributed by atoms with E-state index in [0.29, 0.717) is 10.6 Å². The van der Waals surface area contributed by atoms with E-state index in [0.717, 1.165) is 10.6 Å². The molecule has 1 rings (SSSR count). The van der Waals surface area contributed by atoms with Gasteiger partial charge < -0.3 is 0 Å². The summed E-state index contributed by atoms with van der Waals surface area (Å²) in [6.07, 6.45) is 1.06. The molecule has 86 valence electrons. The van der Waals surface area contributed by atoms with Crippen LogP contribution in [-0.4, -0.2) is 26.0 Å². The molecular formula is C10H11ClN2O2S. The van der Waals surface area contributed by atoms with Gasteiger partial charge in [0.05, 0.1) is 12.3 Å². The lowest BCUT2D eigenvalue weighted by Gasteiger charge is -2.20. The van der Waals surface area contributed by atoms with Crippen LogP contribution in [0.3, 0.4) is 0 Å². The van der Waals surface area contributed by atoms with Gasteiger partial charge in [0.2, 0.25) is 10.0 Å². The predicted molar refractivity (Wildman–Crippen MR) is 62.4 cm³/mol. The van der Waals surface area contributed by atoms with E-state index in [1.54, 1.807) is 24.3 Å². The van der Waals surface area contributed by atoms with E-state index in [2.05, 4.69) is 0 Å². The fraction of sp³-hybridized carbons (Fsp3) is 0.300. The normalized spacial score (nSPS) is 13.4. The molecule has 1 unspecified atom stereocenters. The summed E-state index contributed by atoms with van der Waals surface area (Å²) in [5.41, 5.74) is 0.558. The average molecular weight is 259 g/mol. The van der Waals surface area contributed by atoms with Gasteiger partial charge in [-0.1, -0.05) is 23.7 Å². The molecule has 1 aromatic rings. The van der Waals surface area contributed by atoms with E-state index < -0.39 is 16.1 Å². The molecular weight excluding hydrogens is 248 g/mol. The second-order valence-electron chi connectivity index (χ2n) is 3.37. The minimum Gasteiger partial charge on any atom is -0.212 e. The molecule has 0 radical (unpaired) electrons. The summed E-state index contributed by atoms with van der Waals surface area (Å²) in [6.45, 7) is 0. The molecule has 0 spiro atoms. The Kier molecular flexibility index (Phi) is 3.92. The van der Waals surface area contributed by atoms with Gasteiger partial charge in [0.25, 0.3) is 0 Å². The summed E-state index contributed by atoms with van der Waals surface area (Å²) in [5.74, 6) is 0. The molecule has 0 aliphatic heterocycles. The highest BCUT2D eigenvalue weighted by Gasteiger charge is 2.23. The van der Waals surface area contributed by atoms with Crippen molar-refractivity contribution in [2.24, 2.45) is 0 Å². The van der Waals surface area contributed by atoms with Crippen molar-refractivity contribution in [3.05, 3.63) is 34.9 Å². The van der Waals surface area contributed by atoms with Gasteiger partial charge in [0.15, 0.2) is 0 Å². The van der Waals surface area contributed by atoms with Crippen LogP contribution >= 0.6 is 11.6 Å². The van der Waals surface area contributed by atoms with Crippen LogP contribution in [0.25, 0.3) is 0 Å². The lowest BCUT2D eigenvalue weighted by molar-refractivity contribution is 0.437. The first kappa shape index (κ1) is 13.0. The number of sulfonamides is 1. The number of hydrogen-bond donors (Lipinski definition) is 0. The van der Waals surface area contributed by atoms with Gasteiger partial charge in [-0.2, -0.15) is 9.57 Å². The molecule has 6 heteroatoms. The van der Waals surface area contributed by atoms with Crippen LogP contribution < -0.4 is 0 Å². The van der Waals surface area contributed by atoms with Crippen molar-refractivity contribution in [3.8, 4) is 6.07 Å². The molecule has 0 aromatic heterocycles. The highest BCUT2D eigenvalue weighted by molar-refractivity contribution is 7.88. The largest absolute Gasteiger partial charge is 0.212 e. The Bertz CT molecular complexity index is 522. The van der Waals surface area contributed by atoms with Gasteiger partial charge in [-0.25, -0.2) is 8.42 Å². The Morgan fingerprint density at radius 2 is 2.12 bits per heavy atom. The molecule has 1 aromatic carbocycles. The summed E-state index contributed by atoms with van der Waals surface area (Å²) >= 11 is 5.79. The topological polar surface area (TPSA) is 61.2 Å². The summed E-state index contributed by atoms with van der Waals surface area (Å²) in [5, 5.41) is 9.48. The van der Waals surface area contributed by atoms with Crippen molar-refractivity contribution < 1.29 is 8.42 Å². The molecule has 0 amide bonds. The second-order valence-corrected chi connectivity index (χ2v) is 5.84. The fourth-order valence-corrected chi connectivity index (χ4v) is 1.98. The highest BCUT2D eigenvalue weighted by Crippen LogP contribution is 2.23. The first-order valence-electron chi connectivity index (χ1n) is 4.44. The summed E-state index contributed by atoms with van der Waals surface area (Å²) in [7, 11) is -2.04. The van der Waals surface area contributed by atoms with Gasteiger partial charge in [-0.15, -0.1) is 0 Å². The first-order valence-corrected chi connectivity index (χ1v) is 6.67. The lowest BCUT2D eigenvalue weighted by atomic mass is 10.1. The van der Waals surface area contributed by atoms with Crippen LogP contribution in [0, 0.1) is 11.3 Å². The Labute approximate surface area is 100 Å². The van der Waals surface area contributed by atoms with E-state index in [1.165, 1.54) is 7.05 Å². The minimum atomic E-state index is -3.41. The zero-order chi connectivity index (χ0) is 12.3. The lowest BCUT2D eigenvalue weighted by Crippen LogP contribution is -2.29. The van der Waals surface area contributed by atoms with Crippen molar-refractivity contribution in [2.45, 2.75) is 6.04 Å². The zero-order valence-electron chi connectivity index (χ0n) is 8.88. The van der Waals surface area contributed by atoms with Gasteiger partial charge in [-0.3, -0.25) is 0 Å². The van der Waals surface area contributed by atoms with Crippen molar-refractivity contribution in [2.75, 3.05) is 13.3 Å². The maximum absolute atomic E-state index is 11.3. The summed E-state index contributed by atoms with van der Waals surface area (Å²) in [6, 6.07) is 7.68. The van der Waals surface area contributed by atoms with Crippen LogP contribution in [0.5, 0.6) is 0 Å². The minimum absolute atomic E-state index is 0.472. The molecule has 0 aliphatic carbocycles. The molecule has 0 saturated carbocycles. The zero-order valence-corrected chi connectivity index (χ0v) is 10.5. The maximum atomic E-state index is 11.3. The van der Waals surface area contributed by atoms with E-state index in [-0.39, 0.29) is 0 Å². The Balaban J connectivity index is 3.15. The van der Waals surface area contributed by atoms with Gasteiger partial charge in [-0.05, 0) is 17.7 Å². The molecule has 0 fully saturated rings. The van der Waals surface area contributed by atoms with E-state index in [4.69, 9.17) is 16.9 Å². The Morgan fingerprint density at radius 3 is 2.56 bits per heavy atom. The van der Waals surface area contributed by atoms with E-state index in [9.17, 15) is 8.42 Å². The van der Waals surface area contributed by atoms with Crippen LogP contribution in [0.1, 0.15) is 11.6 Å². The summed E-state index contributed by atoms with van der Waals surface area (Å²) in [4.78, 5) is 0. The Morgan fingerprint density at radius 1 is 1.50 bits per heavy atom. The fourth-order valence-electron chi connectivity index (χ4n) is 1.23. The molecule has 0 saturated heterocycles. The Hall–Kier alpha value is -1.09. The third-order valence-corrected chi connectivity index (χ3v) is 3.67.